The fourth-order valence-corrected chi connectivity index (χ4v) is 2.53. The third-order valence-electron chi connectivity index (χ3n) is 3.58. The van der Waals surface area contributed by atoms with Crippen molar-refractivity contribution in [2.75, 3.05) is 26.2 Å². The van der Waals surface area contributed by atoms with Gasteiger partial charge in [-0.25, -0.2) is 8.78 Å². The smallest absolute Gasteiger partial charge is 0.250 e. The lowest BCUT2D eigenvalue weighted by Crippen LogP contribution is -2.41. The Balaban J connectivity index is 1.73. The molecule has 1 aliphatic rings. The highest BCUT2D eigenvalue weighted by molar-refractivity contribution is 9.09. The molecule has 0 saturated carbocycles. The Hall–Kier alpha value is -1.01. The summed E-state index contributed by atoms with van der Waals surface area (Å²) >= 11 is 3.25. The van der Waals surface area contributed by atoms with E-state index in [4.69, 9.17) is 4.74 Å². The quantitative estimate of drug-likeness (QED) is 0.574. The first-order valence-corrected chi connectivity index (χ1v) is 7.84. The van der Waals surface area contributed by atoms with E-state index < -0.39 is 5.92 Å². The molecule has 0 aromatic heterocycles. The predicted octanol–water partition coefficient (Wildman–Crippen LogP) is 3.43. The summed E-state index contributed by atoms with van der Waals surface area (Å²) < 4.78 is 31.6. The van der Waals surface area contributed by atoms with E-state index in [1.54, 1.807) is 12.1 Å². The number of aldehydes is 1. The molecule has 0 radical (unpaired) electrons. The number of piperidine rings is 1. The van der Waals surface area contributed by atoms with Crippen molar-refractivity contribution >= 4 is 22.2 Å². The standard InChI is InChI=1S/C15H18BrF2NO2/c16-14(11-20)12-1-3-13(4-2-12)21-10-9-19-7-5-15(17,18)6-8-19/h1-4,11,14H,5-10H2. The Morgan fingerprint density at radius 3 is 2.48 bits per heavy atom. The molecule has 1 aromatic carbocycles. The number of halogens is 3. The summed E-state index contributed by atoms with van der Waals surface area (Å²) in [5.74, 6) is -1.79. The number of likely N-dealkylation sites (tertiary alicyclic amines) is 1. The van der Waals surface area contributed by atoms with Crippen molar-refractivity contribution in [3.63, 3.8) is 0 Å². The van der Waals surface area contributed by atoms with Crippen LogP contribution in [0.1, 0.15) is 23.2 Å². The molecule has 6 heteroatoms. The van der Waals surface area contributed by atoms with Crippen LogP contribution < -0.4 is 4.74 Å². The van der Waals surface area contributed by atoms with Gasteiger partial charge in [-0.15, -0.1) is 0 Å². The Labute approximate surface area is 131 Å². The molecule has 0 spiro atoms. The normalized spacial score (nSPS) is 20.0. The maximum absolute atomic E-state index is 13.0. The maximum atomic E-state index is 13.0. The highest BCUT2D eigenvalue weighted by Crippen LogP contribution is 2.27. The average molecular weight is 362 g/mol. The maximum Gasteiger partial charge on any atom is 0.250 e. The van der Waals surface area contributed by atoms with Gasteiger partial charge in [-0.1, -0.05) is 28.1 Å². The summed E-state index contributed by atoms with van der Waals surface area (Å²) in [6.45, 7) is 1.95. The van der Waals surface area contributed by atoms with Crippen LogP contribution in [-0.2, 0) is 4.79 Å². The van der Waals surface area contributed by atoms with Crippen molar-refractivity contribution in [2.24, 2.45) is 0 Å². The van der Waals surface area contributed by atoms with E-state index in [0.717, 1.165) is 11.8 Å². The number of benzene rings is 1. The summed E-state index contributed by atoms with van der Waals surface area (Å²) in [5, 5.41) is 0. The Kier molecular flexibility index (Phi) is 5.70. The van der Waals surface area contributed by atoms with Crippen LogP contribution in [0.3, 0.4) is 0 Å². The molecule has 0 N–H and O–H groups in total. The van der Waals surface area contributed by atoms with Gasteiger partial charge in [0, 0.05) is 32.5 Å². The van der Waals surface area contributed by atoms with Crippen molar-refractivity contribution in [3.8, 4) is 5.75 Å². The molecule has 2 rings (SSSR count). The third-order valence-corrected chi connectivity index (χ3v) is 4.33. The van der Waals surface area contributed by atoms with Crippen LogP contribution in [0.2, 0.25) is 0 Å². The zero-order chi connectivity index (χ0) is 15.3. The third kappa shape index (κ3) is 5.04. The second-order valence-corrected chi connectivity index (χ2v) is 6.14. The summed E-state index contributed by atoms with van der Waals surface area (Å²) in [5.41, 5.74) is 0.871. The zero-order valence-corrected chi connectivity index (χ0v) is 13.2. The molecular formula is C15H18BrF2NO2. The van der Waals surface area contributed by atoms with Crippen LogP contribution in [0.4, 0.5) is 8.78 Å². The van der Waals surface area contributed by atoms with E-state index in [1.165, 1.54) is 0 Å². The summed E-state index contributed by atoms with van der Waals surface area (Å²) in [6.07, 6.45) is 0.683. The van der Waals surface area contributed by atoms with Crippen LogP contribution in [0.5, 0.6) is 5.75 Å². The van der Waals surface area contributed by atoms with Gasteiger partial charge in [0.15, 0.2) is 0 Å². The zero-order valence-electron chi connectivity index (χ0n) is 11.6. The molecule has 1 saturated heterocycles. The van der Waals surface area contributed by atoms with Gasteiger partial charge in [-0.2, -0.15) is 0 Å². The van der Waals surface area contributed by atoms with Crippen molar-refractivity contribution in [3.05, 3.63) is 29.8 Å². The molecule has 21 heavy (non-hydrogen) atoms. The van der Waals surface area contributed by atoms with Gasteiger partial charge < -0.3 is 9.53 Å². The van der Waals surface area contributed by atoms with Crippen LogP contribution >= 0.6 is 15.9 Å². The van der Waals surface area contributed by atoms with E-state index in [-0.39, 0.29) is 17.7 Å². The minimum Gasteiger partial charge on any atom is -0.492 e. The molecule has 116 valence electrons. The van der Waals surface area contributed by atoms with Crippen molar-refractivity contribution in [2.45, 2.75) is 23.6 Å². The molecule has 0 amide bonds. The van der Waals surface area contributed by atoms with E-state index in [0.29, 0.717) is 32.0 Å². The number of carbonyl (C=O) groups is 1. The Bertz CT molecular complexity index is 457. The van der Waals surface area contributed by atoms with Crippen molar-refractivity contribution < 1.29 is 18.3 Å². The second kappa shape index (κ2) is 7.31. The van der Waals surface area contributed by atoms with Crippen molar-refractivity contribution in [1.82, 2.24) is 4.90 Å². The Morgan fingerprint density at radius 2 is 1.90 bits per heavy atom. The van der Waals surface area contributed by atoms with Gasteiger partial charge in [0.1, 0.15) is 18.6 Å². The minimum atomic E-state index is -2.50. The fraction of sp³-hybridized carbons (Fsp3) is 0.533. The predicted molar refractivity (Wildman–Crippen MR) is 80.3 cm³/mol. The van der Waals surface area contributed by atoms with Crippen LogP contribution in [-0.4, -0.2) is 43.3 Å². The largest absolute Gasteiger partial charge is 0.492 e. The SMILES string of the molecule is O=CC(Br)c1ccc(OCCN2CCC(F)(F)CC2)cc1. The highest BCUT2D eigenvalue weighted by atomic mass is 79.9. The van der Waals surface area contributed by atoms with E-state index in [9.17, 15) is 13.6 Å². The van der Waals surface area contributed by atoms with E-state index in [2.05, 4.69) is 15.9 Å². The molecule has 1 atom stereocenters. The highest BCUT2D eigenvalue weighted by Gasteiger charge is 2.33. The first-order valence-electron chi connectivity index (χ1n) is 6.92. The first kappa shape index (κ1) is 16.4. The number of nitrogens with zero attached hydrogens (tertiary/aromatic N) is 1. The molecule has 1 fully saturated rings. The van der Waals surface area contributed by atoms with Gasteiger partial charge in [-0.05, 0) is 17.7 Å². The van der Waals surface area contributed by atoms with Gasteiger partial charge >= 0.3 is 0 Å². The number of ether oxygens (including phenoxy) is 1. The van der Waals surface area contributed by atoms with Crippen LogP contribution in [0.15, 0.2) is 24.3 Å². The molecule has 1 heterocycles. The molecule has 1 aromatic rings. The van der Waals surface area contributed by atoms with Crippen LogP contribution in [0.25, 0.3) is 0 Å². The number of rotatable bonds is 6. The van der Waals surface area contributed by atoms with Crippen molar-refractivity contribution in [1.29, 1.82) is 0 Å². The minimum absolute atomic E-state index is 0.0694. The number of hydrogen-bond donors (Lipinski definition) is 0. The molecule has 0 aliphatic carbocycles. The number of carbonyl (C=O) groups excluding carboxylic acids is 1. The average Bonchev–Trinajstić information content (AvgIpc) is 2.49. The summed E-state index contributed by atoms with van der Waals surface area (Å²) in [6, 6.07) is 7.25. The monoisotopic (exact) mass is 361 g/mol. The van der Waals surface area contributed by atoms with Gasteiger partial charge in [0.2, 0.25) is 0 Å². The molecule has 0 bridgehead atoms. The van der Waals surface area contributed by atoms with Crippen LogP contribution in [0, 0.1) is 0 Å². The molecule has 1 unspecified atom stereocenters. The summed E-state index contributed by atoms with van der Waals surface area (Å²) in [7, 11) is 0. The lowest BCUT2D eigenvalue weighted by Gasteiger charge is -2.31. The molecular weight excluding hydrogens is 344 g/mol. The number of hydrogen-bond acceptors (Lipinski definition) is 3. The van der Waals surface area contributed by atoms with Gasteiger partial charge in [0.05, 0.1) is 4.83 Å². The topological polar surface area (TPSA) is 29.5 Å². The lowest BCUT2D eigenvalue weighted by atomic mass is 10.1. The number of alkyl halides is 3. The molecule has 3 nitrogen and oxygen atoms in total. The van der Waals surface area contributed by atoms with E-state index in [1.807, 2.05) is 17.0 Å². The molecule has 1 aliphatic heterocycles. The van der Waals surface area contributed by atoms with Gasteiger partial charge in [-0.3, -0.25) is 4.90 Å². The van der Waals surface area contributed by atoms with E-state index >= 15 is 0 Å². The summed E-state index contributed by atoms with van der Waals surface area (Å²) in [4.78, 5) is 12.3. The lowest BCUT2D eigenvalue weighted by molar-refractivity contribution is -0.107. The van der Waals surface area contributed by atoms with Gasteiger partial charge in [0.25, 0.3) is 5.92 Å². The fourth-order valence-electron chi connectivity index (χ4n) is 2.22. The second-order valence-electron chi connectivity index (χ2n) is 5.15. The first-order chi connectivity index (χ1) is 10.00. The Morgan fingerprint density at radius 1 is 1.29 bits per heavy atom.